The fourth-order valence-corrected chi connectivity index (χ4v) is 5.25. The topological polar surface area (TPSA) is 51.1 Å². The van der Waals surface area contributed by atoms with E-state index in [1.165, 1.54) is 11.8 Å². The van der Waals surface area contributed by atoms with Gasteiger partial charge in [-0.2, -0.15) is 0 Å². The van der Waals surface area contributed by atoms with Crippen LogP contribution in [0.25, 0.3) is 6.08 Å². The first kappa shape index (κ1) is 27.6. The van der Waals surface area contributed by atoms with E-state index in [9.17, 15) is 4.79 Å². The van der Waals surface area contributed by atoms with Crippen LogP contribution in [0.2, 0.25) is 10.0 Å². The Balaban J connectivity index is 1.61. The number of carbonyl (C=O) groups excluding carboxylic acids is 1. The molecule has 5 nitrogen and oxygen atoms in total. The van der Waals surface area contributed by atoms with Gasteiger partial charge in [-0.25, -0.2) is 4.99 Å². The first-order valence-electron chi connectivity index (χ1n) is 11.5. The third kappa shape index (κ3) is 7.11. The Hall–Kier alpha value is -2.45. The van der Waals surface area contributed by atoms with E-state index >= 15 is 0 Å². The Morgan fingerprint density at radius 3 is 2.30 bits per heavy atom. The van der Waals surface area contributed by atoms with E-state index in [-0.39, 0.29) is 11.8 Å². The van der Waals surface area contributed by atoms with Crippen LogP contribution in [-0.2, 0) is 11.4 Å². The highest BCUT2D eigenvalue weighted by Crippen LogP contribution is 2.39. The summed E-state index contributed by atoms with van der Waals surface area (Å²) in [5.74, 6) is 1.35. The Morgan fingerprint density at radius 1 is 1.03 bits per heavy atom. The molecule has 1 fully saturated rings. The van der Waals surface area contributed by atoms with Gasteiger partial charge >= 0.3 is 0 Å². The summed E-state index contributed by atoms with van der Waals surface area (Å²) in [6, 6.07) is 18.4. The molecule has 3 aromatic rings. The Bertz CT molecular complexity index is 1340. The second kappa shape index (κ2) is 12.4. The number of methoxy groups -OCH3 is 1. The molecule has 37 heavy (non-hydrogen) atoms. The lowest BCUT2D eigenvalue weighted by molar-refractivity contribution is -0.122. The minimum absolute atomic E-state index is 0.0830. The molecule has 1 saturated heterocycles. The summed E-state index contributed by atoms with van der Waals surface area (Å²) in [4.78, 5) is 20.4. The van der Waals surface area contributed by atoms with Crippen molar-refractivity contribution in [1.29, 1.82) is 0 Å². The van der Waals surface area contributed by atoms with Crippen LogP contribution in [0.5, 0.6) is 11.5 Å². The fourth-order valence-electron chi connectivity index (χ4n) is 3.56. The molecule has 192 valence electrons. The van der Waals surface area contributed by atoms with Gasteiger partial charge in [-0.15, -0.1) is 0 Å². The van der Waals surface area contributed by atoms with Gasteiger partial charge in [0, 0.05) is 21.1 Å². The van der Waals surface area contributed by atoms with Crippen LogP contribution < -0.4 is 9.47 Å². The van der Waals surface area contributed by atoms with Crippen LogP contribution in [0.1, 0.15) is 25.0 Å². The van der Waals surface area contributed by atoms with Gasteiger partial charge in [0.25, 0.3) is 5.91 Å². The smallest absolute Gasteiger partial charge is 0.266 e. The van der Waals surface area contributed by atoms with Crippen molar-refractivity contribution in [3.63, 3.8) is 0 Å². The van der Waals surface area contributed by atoms with E-state index in [1.807, 2.05) is 54.6 Å². The molecule has 0 spiro atoms. The number of thioether (sulfide) groups is 1. The average Bonchev–Trinajstić information content (AvgIpc) is 3.14. The zero-order valence-corrected chi connectivity index (χ0v) is 24.4. The number of amidine groups is 1. The first-order valence-corrected chi connectivity index (χ1v) is 13.9. The maximum atomic E-state index is 13.4. The van der Waals surface area contributed by atoms with Crippen molar-refractivity contribution in [2.45, 2.75) is 20.5 Å². The van der Waals surface area contributed by atoms with Gasteiger partial charge in [-0.3, -0.25) is 9.69 Å². The number of rotatable bonds is 8. The normalized spacial score (nSPS) is 15.8. The minimum atomic E-state index is -0.0830. The Labute approximate surface area is 239 Å². The van der Waals surface area contributed by atoms with Gasteiger partial charge in [-0.05, 0) is 83.4 Å². The van der Waals surface area contributed by atoms with Crippen LogP contribution >= 0.6 is 50.9 Å². The van der Waals surface area contributed by atoms with Crippen LogP contribution in [-0.4, -0.2) is 29.6 Å². The van der Waals surface area contributed by atoms with Gasteiger partial charge in [0.05, 0.1) is 17.7 Å². The maximum absolute atomic E-state index is 13.4. The highest BCUT2D eigenvalue weighted by molar-refractivity contribution is 9.10. The maximum Gasteiger partial charge on any atom is 0.266 e. The van der Waals surface area contributed by atoms with Crippen LogP contribution in [0.4, 0.5) is 5.69 Å². The van der Waals surface area contributed by atoms with Crippen molar-refractivity contribution in [1.82, 2.24) is 4.90 Å². The molecule has 1 heterocycles. The second-order valence-corrected chi connectivity index (χ2v) is 11.5. The zero-order chi connectivity index (χ0) is 26.5. The molecule has 0 saturated carbocycles. The highest BCUT2D eigenvalue weighted by Gasteiger charge is 2.34. The van der Waals surface area contributed by atoms with Crippen LogP contribution in [0.15, 0.2) is 75.0 Å². The van der Waals surface area contributed by atoms with Crippen molar-refractivity contribution >= 4 is 73.7 Å². The largest absolute Gasteiger partial charge is 0.493 e. The molecule has 9 heteroatoms. The molecule has 0 radical (unpaired) electrons. The molecule has 0 aromatic heterocycles. The predicted octanol–water partition coefficient (Wildman–Crippen LogP) is 8.60. The summed E-state index contributed by atoms with van der Waals surface area (Å²) in [5.41, 5.74) is 2.52. The number of ether oxygens (including phenoxy) is 2. The van der Waals surface area contributed by atoms with Crippen molar-refractivity contribution in [3.8, 4) is 11.5 Å². The number of amides is 1. The van der Waals surface area contributed by atoms with E-state index in [0.717, 1.165) is 21.3 Å². The summed E-state index contributed by atoms with van der Waals surface area (Å²) in [6.45, 7) is 5.08. The quantitative estimate of drug-likeness (QED) is 0.237. The van der Waals surface area contributed by atoms with Crippen molar-refractivity contribution in [3.05, 3.63) is 91.2 Å². The van der Waals surface area contributed by atoms with Crippen molar-refractivity contribution in [2.24, 2.45) is 10.9 Å². The lowest BCUT2D eigenvalue weighted by atomic mass is 10.1. The lowest BCUT2D eigenvalue weighted by Crippen LogP contribution is -2.32. The molecule has 0 unspecified atom stereocenters. The third-order valence-electron chi connectivity index (χ3n) is 5.36. The molecule has 0 bridgehead atoms. The standard InChI is InChI=1S/C28H25BrCl2N2O3S/c1-17(2)15-33-27(34)26(37-28(33)32-22-10-8-21(31)9-11-22)13-19-12-24(35-3)25(14-23(19)29)36-16-18-4-6-20(30)7-5-18/h4-14,17H,15-16H2,1-3H3/b26-13-,32-28?. The van der Waals surface area contributed by atoms with Crippen molar-refractivity contribution < 1.29 is 14.3 Å². The summed E-state index contributed by atoms with van der Waals surface area (Å²) in [5, 5.41) is 1.95. The fraction of sp³-hybridized carbons (Fsp3) is 0.214. The molecule has 4 rings (SSSR count). The second-order valence-electron chi connectivity index (χ2n) is 8.73. The average molecular weight is 620 g/mol. The third-order valence-corrected chi connectivity index (χ3v) is 7.56. The number of benzene rings is 3. The molecular weight excluding hydrogens is 595 g/mol. The molecule has 3 aromatic carbocycles. The van der Waals surface area contributed by atoms with Gasteiger partial charge in [-0.1, -0.05) is 65.1 Å². The number of hydrogen-bond donors (Lipinski definition) is 0. The summed E-state index contributed by atoms with van der Waals surface area (Å²) < 4.78 is 12.4. The van der Waals surface area contributed by atoms with Crippen molar-refractivity contribution in [2.75, 3.05) is 13.7 Å². The monoisotopic (exact) mass is 618 g/mol. The number of carbonyl (C=O) groups is 1. The minimum Gasteiger partial charge on any atom is -0.493 e. The predicted molar refractivity (Wildman–Crippen MR) is 157 cm³/mol. The van der Waals surface area contributed by atoms with E-state index in [0.29, 0.717) is 44.8 Å². The number of nitrogens with zero attached hydrogens (tertiary/aromatic N) is 2. The molecule has 0 atom stereocenters. The van der Waals surface area contributed by atoms with Gasteiger partial charge in [0.2, 0.25) is 0 Å². The Kier molecular flexibility index (Phi) is 9.24. The number of hydrogen-bond acceptors (Lipinski definition) is 5. The number of aliphatic imine (C=N–C) groups is 1. The van der Waals surface area contributed by atoms with E-state index in [1.54, 1.807) is 24.1 Å². The van der Waals surface area contributed by atoms with Crippen LogP contribution in [0.3, 0.4) is 0 Å². The molecule has 0 N–H and O–H groups in total. The Morgan fingerprint density at radius 2 is 1.68 bits per heavy atom. The molecule has 1 aliphatic heterocycles. The van der Waals surface area contributed by atoms with Crippen LogP contribution in [0, 0.1) is 5.92 Å². The molecule has 0 aliphatic carbocycles. The first-order chi connectivity index (χ1) is 17.7. The molecular formula is C28H25BrCl2N2O3S. The summed E-state index contributed by atoms with van der Waals surface area (Å²) in [6.07, 6.45) is 1.85. The highest BCUT2D eigenvalue weighted by atomic mass is 79.9. The summed E-state index contributed by atoms with van der Waals surface area (Å²) >= 11 is 17.0. The van der Waals surface area contributed by atoms with E-state index in [4.69, 9.17) is 37.7 Å². The zero-order valence-electron chi connectivity index (χ0n) is 20.5. The summed E-state index contributed by atoms with van der Waals surface area (Å²) in [7, 11) is 1.59. The SMILES string of the molecule is COc1cc(/C=C2\SC(=Nc3ccc(Cl)cc3)N(CC(C)C)C2=O)c(Br)cc1OCc1ccc(Cl)cc1. The molecule has 1 amide bonds. The van der Waals surface area contributed by atoms with Gasteiger partial charge < -0.3 is 9.47 Å². The lowest BCUT2D eigenvalue weighted by Gasteiger charge is -2.17. The molecule has 1 aliphatic rings. The van der Waals surface area contributed by atoms with E-state index in [2.05, 4.69) is 29.8 Å². The van der Waals surface area contributed by atoms with E-state index < -0.39 is 0 Å². The van der Waals surface area contributed by atoms with Gasteiger partial charge in [0.1, 0.15) is 6.61 Å². The van der Waals surface area contributed by atoms with Gasteiger partial charge in [0.15, 0.2) is 16.7 Å². The number of halogens is 3.